The third-order valence-corrected chi connectivity index (χ3v) is 3.47. The number of quaternary nitrogens is 2. The molecule has 102 valence electrons. The number of ketones is 1. The van der Waals surface area contributed by atoms with Gasteiger partial charge in [0.2, 0.25) is 5.78 Å². The van der Waals surface area contributed by atoms with E-state index < -0.39 is 11.3 Å². The SMILES string of the molecule is O=C1c2ccccc2[NH+]([O-])C1c1ccc([NH+]([O-])O)cc1. The van der Waals surface area contributed by atoms with Crippen molar-refractivity contribution in [3.63, 3.8) is 0 Å². The molecule has 2 aromatic carbocycles. The quantitative estimate of drug-likeness (QED) is 0.531. The summed E-state index contributed by atoms with van der Waals surface area (Å²) in [5.74, 6) is -0.228. The van der Waals surface area contributed by atoms with Gasteiger partial charge in [-0.05, 0) is 18.2 Å². The van der Waals surface area contributed by atoms with Gasteiger partial charge < -0.3 is 15.5 Å². The topological polar surface area (TPSA) is 92.3 Å². The Balaban J connectivity index is 1.98. The molecule has 20 heavy (non-hydrogen) atoms. The number of benzene rings is 2. The number of rotatable bonds is 2. The molecule has 0 fully saturated rings. The van der Waals surface area contributed by atoms with Gasteiger partial charge in [-0.1, -0.05) is 12.1 Å². The summed E-state index contributed by atoms with van der Waals surface area (Å²) in [6.07, 6.45) is 0. The summed E-state index contributed by atoms with van der Waals surface area (Å²) >= 11 is 0. The van der Waals surface area contributed by atoms with Crippen molar-refractivity contribution in [2.75, 3.05) is 0 Å². The summed E-state index contributed by atoms with van der Waals surface area (Å²) in [4.78, 5) is 12.3. The third-order valence-electron chi connectivity index (χ3n) is 3.47. The van der Waals surface area contributed by atoms with Crippen molar-refractivity contribution in [2.24, 2.45) is 0 Å². The highest BCUT2D eigenvalue weighted by Crippen LogP contribution is 2.27. The highest BCUT2D eigenvalue weighted by Gasteiger charge is 2.39. The standard InChI is InChI=1S/C14H12N2O4/c17-14-11-3-1-2-4-12(11)15(18)13(14)9-5-7-10(8-6-9)16(19)20/h1-8,13,15-16,19H. The molecule has 1 aliphatic rings. The predicted octanol–water partition coefficient (Wildman–Crippen LogP) is 0.0418. The van der Waals surface area contributed by atoms with Crippen LogP contribution >= 0.6 is 0 Å². The molecule has 6 heteroatoms. The van der Waals surface area contributed by atoms with Crippen molar-refractivity contribution in [3.8, 4) is 0 Å². The Bertz CT molecular complexity index is 654. The molecular formula is C14H12N2O4. The molecule has 6 nitrogen and oxygen atoms in total. The average Bonchev–Trinajstić information content (AvgIpc) is 2.72. The molecule has 1 aliphatic heterocycles. The Labute approximate surface area is 114 Å². The first kappa shape index (κ1) is 12.9. The fourth-order valence-electron chi connectivity index (χ4n) is 2.46. The second kappa shape index (κ2) is 4.78. The Morgan fingerprint density at radius 1 is 1.10 bits per heavy atom. The molecule has 0 saturated carbocycles. The molecule has 0 spiro atoms. The monoisotopic (exact) mass is 272 g/mol. The number of hydrogen-bond donors (Lipinski definition) is 3. The van der Waals surface area contributed by atoms with Crippen LogP contribution < -0.4 is 10.3 Å². The van der Waals surface area contributed by atoms with Crippen LogP contribution in [-0.4, -0.2) is 11.0 Å². The van der Waals surface area contributed by atoms with Gasteiger partial charge in [0.25, 0.3) is 0 Å². The van der Waals surface area contributed by atoms with Crippen molar-refractivity contribution < 1.29 is 20.3 Å². The van der Waals surface area contributed by atoms with Gasteiger partial charge in [0.05, 0.1) is 5.56 Å². The summed E-state index contributed by atoms with van der Waals surface area (Å²) in [6.45, 7) is 0. The summed E-state index contributed by atoms with van der Waals surface area (Å²) < 4.78 is 0. The maximum absolute atomic E-state index is 12.3. The highest BCUT2D eigenvalue weighted by atomic mass is 16.8. The molecule has 3 atom stereocenters. The molecule has 3 unspecified atom stereocenters. The van der Waals surface area contributed by atoms with Gasteiger partial charge in [0.15, 0.2) is 11.7 Å². The molecule has 0 aromatic heterocycles. The van der Waals surface area contributed by atoms with E-state index in [1.165, 1.54) is 24.3 Å². The Morgan fingerprint density at radius 3 is 2.35 bits per heavy atom. The van der Waals surface area contributed by atoms with Gasteiger partial charge in [-0.15, -0.1) is 0 Å². The first-order chi connectivity index (χ1) is 9.59. The molecule has 0 saturated heterocycles. The minimum atomic E-state index is -1.04. The van der Waals surface area contributed by atoms with Crippen molar-refractivity contribution in [3.05, 3.63) is 70.1 Å². The van der Waals surface area contributed by atoms with E-state index in [1.54, 1.807) is 24.3 Å². The maximum Gasteiger partial charge on any atom is 0.231 e. The second-order valence-corrected chi connectivity index (χ2v) is 4.63. The molecule has 0 radical (unpaired) electrons. The molecular weight excluding hydrogens is 260 g/mol. The lowest BCUT2D eigenvalue weighted by atomic mass is 10.0. The largest absolute Gasteiger partial charge is 0.628 e. The van der Waals surface area contributed by atoms with E-state index in [9.17, 15) is 15.2 Å². The Hall–Kier alpha value is -2.09. The highest BCUT2D eigenvalue weighted by molar-refractivity contribution is 6.05. The van der Waals surface area contributed by atoms with Crippen molar-refractivity contribution >= 4 is 17.2 Å². The summed E-state index contributed by atoms with van der Waals surface area (Å²) in [5.41, 5.74) is 1.53. The zero-order valence-corrected chi connectivity index (χ0v) is 10.4. The molecule has 0 aliphatic carbocycles. The van der Waals surface area contributed by atoms with Crippen LogP contribution in [0.25, 0.3) is 0 Å². The smallest absolute Gasteiger partial charge is 0.231 e. The number of hydrogen-bond acceptors (Lipinski definition) is 4. The summed E-state index contributed by atoms with van der Waals surface area (Å²) in [6, 6.07) is 11.7. The first-order valence-electron chi connectivity index (χ1n) is 6.10. The van der Waals surface area contributed by atoms with E-state index in [-0.39, 0.29) is 16.5 Å². The number of carbonyl (C=O) groups is 1. The van der Waals surface area contributed by atoms with Crippen LogP contribution in [0.5, 0.6) is 0 Å². The first-order valence-corrected chi connectivity index (χ1v) is 6.10. The number of para-hydroxylation sites is 1. The van der Waals surface area contributed by atoms with Gasteiger partial charge in [-0.25, -0.2) is 5.21 Å². The van der Waals surface area contributed by atoms with Crippen LogP contribution in [0.1, 0.15) is 22.0 Å². The van der Waals surface area contributed by atoms with Gasteiger partial charge >= 0.3 is 0 Å². The Morgan fingerprint density at radius 2 is 1.75 bits per heavy atom. The van der Waals surface area contributed by atoms with Crippen LogP contribution in [0.15, 0.2) is 48.5 Å². The van der Waals surface area contributed by atoms with Crippen molar-refractivity contribution in [1.82, 2.24) is 0 Å². The van der Waals surface area contributed by atoms with Gasteiger partial charge in [0.1, 0.15) is 5.69 Å². The van der Waals surface area contributed by atoms with Gasteiger partial charge in [0, 0.05) is 23.8 Å². The fraction of sp³-hybridized carbons (Fsp3) is 0.0714. The fourth-order valence-corrected chi connectivity index (χ4v) is 2.46. The maximum atomic E-state index is 12.3. The normalized spacial score (nSPS) is 22.6. The Kier molecular flexibility index (Phi) is 3.09. The molecule has 0 bridgehead atoms. The molecule has 0 amide bonds. The van der Waals surface area contributed by atoms with Gasteiger partial charge in [-0.3, -0.25) is 4.79 Å². The lowest BCUT2D eigenvalue weighted by Gasteiger charge is -2.23. The van der Waals surface area contributed by atoms with E-state index in [1.807, 2.05) is 0 Å². The number of carbonyl (C=O) groups excluding carboxylic acids is 1. The predicted molar refractivity (Wildman–Crippen MR) is 69.7 cm³/mol. The van der Waals surface area contributed by atoms with Gasteiger partial charge in [-0.2, -0.15) is 5.23 Å². The van der Waals surface area contributed by atoms with Crippen molar-refractivity contribution in [1.29, 1.82) is 0 Å². The summed E-state index contributed by atoms with van der Waals surface area (Å²) in [7, 11) is 0. The van der Waals surface area contributed by atoms with E-state index in [0.29, 0.717) is 16.8 Å². The molecule has 1 heterocycles. The summed E-state index contributed by atoms with van der Waals surface area (Å²) in [5, 5.41) is 30.7. The van der Waals surface area contributed by atoms with Crippen LogP contribution in [0.4, 0.5) is 11.4 Å². The van der Waals surface area contributed by atoms with E-state index in [4.69, 9.17) is 5.21 Å². The van der Waals surface area contributed by atoms with E-state index >= 15 is 0 Å². The van der Waals surface area contributed by atoms with Crippen LogP contribution in [0.3, 0.4) is 0 Å². The van der Waals surface area contributed by atoms with Crippen LogP contribution in [-0.2, 0) is 0 Å². The zero-order valence-electron chi connectivity index (χ0n) is 10.4. The lowest BCUT2D eigenvalue weighted by molar-refractivity contribution is -0.991. The lowest BCUT2D eigenvalue weighted by Crippen LogP contribution is -3.01. The van der Waals surface area contributed by atoms with Crippen molar-refractivity contribution in [2.45, 2.75) is 6.04 Å². The molecule has 2 aromatic rings. The number of nitrogens with one attached hydrogen (secondary N) is 2. The van der Waals surface area contributed by atoms with E-state index in [2.05, 4.69) is 0 Å². The minimum absolute atomic E-state index is 0.129. The third kappa shape index (κ3) is 1.92. The number of Topliss-reactive ketones (excluding diaryl/α,β-unsaturated/α-hetero) is 1. The minimum Gasteiger partial charge on any atom is -0.628 e. The molecule has 3 N–H and O–H groups in total. The number of fused-ring (bicyclic) bond motifs is 1. The van der Waals surface area contributed by atoms with Crippen LogP contribution in [0, 0.1) is 10.4 Å². The number of hydroxylamine groups is 1. The second-order valence-electron chi connectivity index (χ2n) is 4.63. The van der Waals surface area contributed by atoms with E-state index in [0.717, 1.165) is 0 Å². The average molecular weight is 272 g/mol. The molecule has 3 rings (SSSR count). The zero-order chi connectivity index (χ0) is 14.3. The van der Waals surface area contributed by atoms with Crippen LogP contribution in [0.2, 0.25) is 0 Å².